The van der Waals surface area contributed by atoms with Gasteiger partial charge in [-0.1, -0.05) is 41.0 Å². The van der Waals surface area contributed by atoms with Gasteiger partial charge >= 0.3 is 0 Å². The molecule has 1 heterocycles. The fraction of sp³-hybridized carbons (Fsp3) is 0.118. The maximum absolute atomic E-state index is 12.0. The third kappa shape index (κ3) is 5.66. The molecule has 0 saturated carbocycles. The average molecular weight is 409 g/mol. The van der Waals surface area contributed by atoms with Gasteiger partial charge in [0.15, 0.2) is 5.82 Å². The number of halogens is 2. The van der Waals surface area contributed by atoms with Gasteiger partial charge in [0, 0.05) is 15.7 Å². The van der Waals surface area contributed by atoms with Gasteiger partial charge in [-0.2, -0.15) is 0 Å². The Morgan fingerprint density at radius 1 is 1.15 bits per heavy atom. The zero-order valence-corrected chi connectivity index (χ0v) is 15.7. The topological polar surface area (TPSA) is 79.9 Å². The Labute approximate surface area is 164 Å². The lowest BCUT2D eigenvalue weighted by Crippen LogP contribution is -2.14. The van der Waals surface area contributed by atoms with Gasteiger partial charge in [0.05, 0.1) is 5.75 Å². The highest BCUT2D eigenvalue weighted by atomic mass is 35.5. The van der Waals surface area contributed by atoms with E-state index in [-0.39, 0.29) is 18.3 Å². The van der Waals surface area contributed by atoms with Crippen molar-refractivity contribution in [3.8, 4) is 5.75 Å². The average Bonchev–Trinajstić information content (AvgIpc) is 3.07. The summed E-state index contributed by atoms with van der Waals surface area (Å²) >= 11 is 12.9. The van der Waals surface area contributed by atoms with Crippen LogP contribution in [0.4, 0.5) is 5.69 Å². The Morgan fingerprint density at radius 2 is 1.96 bits per heavy atom. The predicted molar refractivity (Wildman–Crippen MR) is 103 cm³/mol. The minimum atomic E-state index is -0.166. The largest absolute Gasteiger partial charge is 0.486 e. The number of nitrogens with zero attached hydrogens (tertiary/aromatic N) is 2. The van der Waals surface area contributed by atoms with Crippen molar-refractivity contribution in [3.05, 3.63) is 64.4 Å². The van der Waals surface area contributed by atoms with Crippen LogP contribution in [0.2, 0.25) is 10.0 Å². The molecule has 3 aromatic rings. The highest BCUT2D eigenvalue weighted by Crippen LogP contribution is 2.18. The Balaban J connectivity index is 1.45. The summed E-state index contributed by atoms with van der Waals surface area (Å²) in [6.45, 7) is 0.240. The lowest BCUT2D eigenvalue weighted by Gasteiger charge is -2.04. The van der Waals surface area contributed by atoms with Gasteiger partial charge in [-0.15, -0.1) is 5.10 Å². The first-order valence-corrected chi connectivity index (χ1v) is 9.30. The van der Waals surface area contributed by atoms with Gasteiger partial charge in [-0.25, -0.2) is 4.98 Å². The molecular formula is C17H14Cl2N4O2S. The van der Waals surface area contributed by atoms with Crippen molar-refractivity contribution in [2.75, 3.05) is 11.1 Å². The molecule has 0 aliphatic rings. The fourth-order valence-corrected chi connectivity index (χ4v) is 2.92. The van der Waals surface area contributed by atoms with E-state index < -0.39 is 0 Å². The van der Waals surface area contributed by atoms with Crippen LogP contribution in [0.5, 0.6) is 5.75 Å². The Bertz CT molecular complexity index is 886. The highest BCUT2D eigenvalue weighted by molar-refractivity contribution is 7.99. The van der Waals surface area contributed by atoms with E-state index in [4.69, 9.17) is 27.9 Å². The summed E-state index contributed by atoms with van der Waals surface area (Å²) in [5, 5.41) is 11.3. The highest BCUT2D eigenvalue weighted by Gasteiger charge is 2.09. The van der Waals surface area contributed by atoms with E-state index in [2.05, 4.69) is 20.5 Å². The molecule has 0 atom stereocenters. The molecule has 1 amide bonds. The molecule has 134 valence electrons. The number of H-pyrrole nitrogens is 1. The van der Waals surface area contributed by atoms with Crippen LogP contribution < -0.4 is 10.1 Å². The van der Waals surface area contributed by atoms with Crippen LogP contribution in [0.15, 0.2) is 53.7 Å². The summed E-state index contributed by atoms with van der Waals surface area (Å²) in [4.78, 5) is 16.2. The predicted octanol–water partition coefficient (Wildman–Crippen LogP) is 4.42. The quantitative estimate of drug-likeness (QED) is 0.565. The Hall–Kier alpha value is -2.22. The number of hydrogen-bond donors (Lipinski definition) is 2. The lowest BCUT2D eigenvalue weighted by atomic mass is 10.3. The van der Waals surface area contributed by atoms with Crippen LogP contribution in [0, 0.1) is 0 Å². The zero-order valence-electron chi connectivity index (χ0n) is 13.4. The number of amides is 1. The second-order valence-corrected chi connectivity index (χ2v) is 6.97. The molecule has 2 aromatic carbocycles. The van der Waals surface area contributed by atoms with E-state index in [0.29, 0.717) is 32.5 Å². The molecule has 26 heavy (non-hydrogen) atoms. The molecule has 0 radical (unpaired) electrons. The van der Waals surface area contributed by atoms with Gasteiger partial charge in [-0.3, -0.25) is 9.89 Å². The number of rotatable bonds is 7. The number of ether oxygens (including phenoxy) is 1. The number of carbonyl (C=O) groups excluding carboxylic acids is 1. The maximum Gasteiger partial charge on any atom is 0.234 e. The van der Waals surface area contributed by atoms with Gasteiger partial charge in [0.2, 0.25) is 11.1 Å². The number of thioether (sulfide) groups is 1. The van der Waals surface area contributed by atoms with Crippen LogP contribution in [-0.4, -0.2) is 26.8 Å². The van der Waals surface area contributed by atoms with E-state index in [1.165, 1.54) is 11.8 Å². The smallest absolute Gasteiger partial charge is 0.234 e. The minimum absolute atomic E-state index is 0.166. The van der Waals surface area contributed by atoms with Crippen LogP contribution in [0.25, 0.3) is 0 Å². The van der Waals surface area contributed by atoms with E-state index in [1.54, 1.807) is 48.5 Å². The number of nitrogens with one attached hydrogen (secondary N) is 2. The first-order valence-electron chi connectivity index (χ1n) is 7.56. The minimum Gasteiger partial charge on any atom is -0.486 e. The molecule has 0 unspecified atom stereocenters. The van der Waals surface area contributed by atoms with Crippen LogP contribution in [0.1, 0.15) is 5.82 Å². The van der Waals surface area contributed by atoms with Crippen molar-refractivity contribution in [3.63, 3.8) is 0 Å². The molecule has 0 aliphatic heterocycles. The van der Waals surface area contributed by atoms with Crippen molar-refractivity contribution < 1.29 is 9.53 Å². The second kappa shape index (κ2) is 8.93. The van der Waals surface area contributed by atoms with Crippen LogP contribution >= 0.6 is 35.0 Å². The van der Waals surface area contributed by atoms with Crippen molar-refractivity contribution >= 4 is 46.6 Å². The van der Waals surface area contributed by atoms with E-state index >= 15 is 0 Å². The van der Waals surface area contributed by atoms with E-state index in [1.807, 2.05) is 0 Å². The summed E-state index contributed by atoms with van der Waals surface area (Å²) in [6, 6.07) is 14.0. The van der Waals surface area contributed by atoms with Gasteiger partial charge < -0.3 is 10.1 Å². The Morgan fingerprint density at radius 3 is 2.73 bits per heavy atom. The molecule has 0 saturated heterocycles. The van der Waals surface area contributed by atoms with Crippen molar-refractivity contribution in [2.45, 2.75) is 11.8 Å². The molecule has 3 rings (SSSR count). The molecule has 6 nitrogen and oxygen atoms in total. The summed E-state index contributed by atoms with van der Waals surface area (Å²) in [5.41, 5.74) is 0.648. The molecule has 9 heteroatoms. The molecule has 0 spiro atoms. The van der Waals surface area contributed by atoms with Crippen LogP contribution in [-0.2, 0) is 11.4 Å². The van der Waals surface area contributed by atoms with Crippen molar-refractivity contribution in [1.29, 1.82) is 0 Å². The zero-order chi connectivity index (χ0) is 18.4. The molecular weight excluding hydrogens is 395 g/mol. The first kappa shape index (κ1) is 18.6. The number of anilines is 1. The SMILES string of the molecule is O=C(CSc1n[nH]c(COc2ccc(Cl)cc2)n1)Nc1cccc(Cl)c1. The maximum atomic E-state index is 12.0. The molecule has 1 aromatic heterocycles. The molecule has 2 N–H and O–H groups in total. The number of aromatic nitrogens is 3. The number of carbonyl (C=O) groups is 1. The molecule has 0 aliphatic carbocycles. The third-order valence-electron chi connectivity index (χ3n) is 3.14. The van der Waals surface area contributed by atoms with Gasteiger partial charge in [-0.05, 0) is 42.5 Å². The molecule has 0 fully saturated rings. The van der Waals surface area contributed by atoms with E-state index in [0.717, 1.165) is 0 Å². The number of benzene rings is 2. The normalized spacial score (nSPS) is 10.5. The summed E-state index contributed by atoms with van der Waals surface area (Å²) < 4.78 is 5.58. The monoisotopic (exact) mass is 408 g/mol. The number of hydrogen-bond acceptors (Lipinski definition) is 5. The van der Waals surface area contributed by atoms with Crippen LogP contribution in [0.3, 0.4) is 0 Å². The lowest BCUT2D eigenvalue weighted by molar-refractivity contribution is -0.113. The second-order valence-electron chi connectivity index (χ2n) is 5.15. The van der Waals surface area contributed by atoms with Gasteiger partial charge in [0.1, 0.15) is 12.4 Å². The van der Waals surface area contributed by atoms with Gasteiger partial charge in [0.25, 0.3) is 0 Å². The van der Waals surface area contributed by atoms with Crippen molar-refractivity contribution in [2.24, 2.45) is 0 Å². The third-order valence-corrected chi connectivity index (χ3v) is 4.48. The summed E-state index contributed by atoms with van der Waals surface area (Å²) in [6.07, 6.45) is 0. The molecule has 0 bridgehead atoms. The Kier molecular flexibility index (Phi) is 6.38. The summed E-state index contributed by atoms with van der Waals surface area (Å²) in [7, 11) is 0. The summed E-state index contributed by atoms with van der Waals surface area (Å²) in [5.74, 6) is 1.27. The van der Waals surface area contributed by atoms with E-state index in [9.17, 15) is 4.79 Å². The standard InChI is InChI=1S/C17H14Cl2N4O2S/c18-11-4-6-14(7-5-11)25-9-15-21-17(23-22-15)26-10-16(24)20-13-3-1-2-12(19)8-13/h1-8H,9-10H2,(H,20,24)(H,21,22,23). The number of aromatic amines is 1. The van der Waals surface area contributed by atoms with Crippen molar-refractivity contribution in [1.82, 2.24) is 15.2 Å². The first-order chi connectivity index (χ1) is 12.6. The fourth-order valence-electron chi connectivity index (χ4n) is 1.98.